The fourth-order valence-corrected chi connectivity index (χ4v) is 2.56. The van der Waals surface area contributed by atoms with Crippen LogP contribution < -0.4 is 4.74 Å². The Labute approximate surface area is 137 Å². The topological polar surface area (TPSA) is 29.5 Å². The van der Waals surface area contributed by atoms with E-state index in [-0.39, 0.29) is 17.7 Å². The number of aromatic hydroxyl groups is 1. The van der Waals surface area contributed by atoms with Crippen molar-refractivity contribution in [3.8, 4) is 22.6 Å². The van der Waals surface area contributed by atoms with Crippen LogP contribution in [0.3, 0.4) is 0 Å². The van der Waals surface area contributed by atoms with E-state index >= 15 is 0 Å². The Bertz CT molecular complexity index is 608. The van der Waals surface area contributed by atoms with Crippen LogP contribution in [0, 0.1) is 5.82 Å². The van der Waals surface area contributed by atoms with Gasteiger partial charge in [0.15, 0.2) is 11.6 Å². The Morgan fingerprint density at radius 2 is 1.70 bits per heavy atom. The first kappa shape index (κ1) is 17.3. The van der Waals surface area contributed by atoms with Gasteiger partial charge in [0, 0.05) is 0 Å². The van der Waals surface area contributed by atoms with Gasteiger partial charge in [-0.2, -0.15) is 0 Å². The van der Waals surface area contributed by atoms with Crippen molar-refractivity contribution >= 4 is 0 Å². The summed E-state index contributed by atoms with van der Waals surface area (Å²) < 4.78 is 20.0. The van der Waals surface area contributed by atoms with Gasteiger partial charge in [0.05, 0.1) is 6.10 Å². The molecule has 0 saturated heterocycles. The second-order valence-electron chi connectivity index (χ2n) is 5.97. The number of ether oxygens (including phenoxy) is 1. The van der Waals surface area contributed by atoms with Gasteiger partial charge < -0.3 is 9.84 Å². The summed E-state index contributed by atoms with van der Waals surface area (Å²) in [6, 6.07) is 11.7. The lowest BCUT2D eigenvalue weighted by Gasteiger charge is -2.15. The average molecular weight is 316 g/mol. The van der Waals surface area contributed by atoms with Crippen molar-refractivity contribution in [2.45, 2.75) is 52.1 Å². The van der Waals surface area contributed by atoms with Crippen LogP contribution >= 0.6 is 0 Å². The van der Waals surface area contributed by atoms with Gasteiger partial charge in [-0.15, -0.1) is 0 Å². The van der Waals surface area contributed by atoms with E-state index in [1.807, 2.05) is 13.0 Å². The molecule has 0 bridgehead atoms. The Morgan fingerprint density at radius 3 is 2.35 bits per heavy atom. The van der Waals surface area contributed by atoms with Crippen LogP contribution in [-0.4, -0.2) is 11.2 Å². The highest BCUT2D eigenvalue weighted by molar-refractivity contribution is 5.65. The molecule has 0 spiro atoms. The number of hydrogen-bond acceptors (Lipinski definition) is 2. The van der Waals surface area contributed by atoms with Crippen molar-refractivity contribution < 1.29 is 14.2 Å². The van der Waals surface area contributed by atoms with Gasteiger partial charge in [-0.1, -0.05) is 44.4 Å². The van der Waals surface area contributed by atoms with Crippen molar-refractivity contribution in [2.75, 3.05) is 0 Å². The largest absolute Gasteiger partial charge is 0.508 e. The fraction of sp³-hybridized carbons (Fsp3) is 0.400. The maximum absolute atomic E-state index is 14.2. The average Bonchev–Trinajstić information content (AvgIpc) is 2.54. The maximum atomic E-state index is 14.2. The molecule has 0 aliphatic rings. The Balaban J connectivity index is 1.97. The van der Waals surface area contributed by atoms with Crippen LogP contribution in [0.4, 0.5) is 4.39 Å². The first-order chi connectivity index (χ1) is 11.1. The van der Waals surface area contributed by atoms with Gasteiger partial charge in [0.1, 0.15) is 5.75 Å². The lowest BCUT2D eigenvalue weighted by Crippen LogP contribution is -2.12. The molecule has 0 aromatic heterocycles. The van der Waals surface area contributed by atoms with Crippen LogP contribution in [0.1, 0.15) is 46.0 Å². The molecule has 0 aliphatic carbocycles. The van der Waals surface area contributed by atoms with Crippen LogP contribution in [0.2, 0.25) is 0 Å². The lowest BCUT2D eigenvalue weighted by atomic mass is 10.1. The molecule has 3 heteroatoms. The van der Waals surface area contributed by atoms with Crippen LogP contribution in [-0.2, 0) is 0 Å². The van der Waals surface area contributed by atoms with Gasteiger partial charge in [-0.3, -0.25) is 0 Å². The zero-order valence-electron chi connectivity index (χ0n) is 13.9. The minimum absolute atomic E-state index is 0.0147. The summed E-state index contributed by atoms with van der Waals surface area (Å²) in [5.41, 5.74) is 1.63. The summed E-state index contributed by atoms with van der Waals surface area (Å²) >= 11 is 0. The molecule has 2 aromatic carbocycles. The Hall–Kier alpha value is -2.03. The van der Waals surface area contributed by atoms with Gasteiger partial charge in [0.25, 0.3) is 0 Å². The third-order valence-electron chi connectivity index (χ3n) is 3.92. The first-order valence-corrected chi connectivity index (χ1v) is 8.35. The summed E-state index contributed by atoms with van der Waals surface area (Å²) in [6.45, 7) is 4.17. The number of phenols is 1. The molecular weight excluding hydrogens is 291 g/mol. The molecule has 0 unspecified atom stereocenters. The molecule has 2 rings (SSSR count). The van der Waals surface area contributed by atoms with Crippen LogP contribution in [0.5, 0.6) is 11.5 Å². The van der Waals surface area contributed by atoms with Crippen molar-refractivity contribution in [1.29, 1.82) is 0 Å². The lowest BCUT2D eigenvalue weighted by molar-refractivity contribution is 0.197. The van der Waals surface area contributed by atoms with E-state index in [0.29, 0.717) is 5.75 Å². The van der Waals surface area contributed by atoms with Gasteiger partial charge in [-0.25, -0.2) is 4.39 Å². The minimum atomic E-state index is -0.351. The fourth-order valence-electron chi connectivity index (χ4n) is 2.56. The quantitative estimate of drug-likeness (QED) is 0.611. The third kappa shape index (κ3) is 5.27. The SMILES string of the molecule is CCCCCC[C@H](C)Oc1ccc(-c2ccc(O)cc2)cc1F. The van der Waals surface area contributed by atoms with Gasteiger partial charge in [0.2, 0.25) is 0 Å². The number of hydrogen-bond donors (Lipinski definition) is 1. The predicted octanol–water partition coefficient (Wildman–Crippen LogP) is 5.94. The standard InChI is InChI=1S/C20H25FO2/c1-3-4-5-6-7-15(2)23-20-13-10-17(14-19(20)21)16-8-11-18(22)12-9-16/h8-15,22H,3-7H2,1-2H3/t15-/m0/s1. The smallest absolute Gasteiger partial charge is 0.165 e. The summed E-state index contributed by atoms with van der Waals surface area (Å²) in [5.74, 6) is 0.151. The number of halogens is 1. The second-order valence-corrected chi connectivity index (χ2v) is 5.97. The van der Waals surface area contributed by atoms with E-state index in [4.69, 9.17) is 4.74 Å². The van der Waals surface area contributed by atoms with E-state index in [0.717, 1.165) is 24.0 Å². The molecule has 0 radical (unpaired) electrons. The zero-order valence-corrected chi connectivity index (χ0v) is 13.9. The minimum Gasteiger partial charge on any atom is -0.508 e. The monoisotopic (exact) mass is 316 g/mol. The molecular formula is C20H25FO2. The van der Waals surface area contributed by atoms with Crippen molar-refractivity contribution in [3.05, 3.63) is 48.3 Å². The number of unbranched alkanes of at least 4 members (excludes halogenated alkanes) is 3. The molecule has 23 heavy (non-hydrogen) atoms. The highest BCUT2D eigenvalue weighted by atomic mass is 19.1. The van der Waals surface area contributed by atoms with E-state index < -0.39 is 0 Å². The highest BCUT2D eigenvalue weighted by Gasteiger charge is 2.10. The first-order valence-electron chi connectivity index (χ1n) is 8.35. The van der Waals surface area contributed by atoms with E-state index in [2.05, 4.69) is 6.92 Å². The molecule has 0 saturated carbocycles. The number of benzene rings is 2. The summed E-state index contributed by atoms with van der Waals surface area (Å²) in [4.78, 5) is 0. The summed E-state index contributed by atoms with van der Waals surface area (Å²) in [5, 5.41) is 9.31. The molecule has 0 fully saturated rings. The summed E-state index contributed by atoms with van der Waals surface area (Å²) in [6.07, 6.45) is 5.72. The second kappa shape index (κ2) is 8.56. The van der Waals surface area contributed by atoms with E-state index in [1.54, 1.807) is 30.3 Å². The van der Waals surface area contributed by atoms with Gasteiger partial charge >= 0.3 is 0 Å². The molecule has 2 aromatic rings. The molecule has 1 atom stereocenters. The third-order valence-corrected chi connectivity index (χ3v) is 3.92. The molecule has 1 N–H and O–H groups in total. The molecule has 2 nitrogen and oxygen atoms in total. The Morgan fingerprint density at radius 1 is 1.00 bits per heavy atom. The van der Waals surface area contributed by atoms with Crippen LogP contribution in [0.25, 0.3) is 11.1 Å². The van der Waals surface area contributed by atoms with E-state index in [1.165, 1.54) is 25.3 Å². The van der Waals surface area contributed by atoms with Gasteiger partial charge in [-0.05, 0) is 55.2 Å². The summed E-state index contributed by atoms with van der Waals surface area (Å²) in [7, 11) is 0. The number of rotatable bonds is 8. The van der Waals surface area contributed by atoms with Crippen molar-refractivity contribution in [1.82, 2.24) is 0 Å². The van der Waals surface area contributed by atoms with E-state index in [9.17, 15) is 9.50 Å². The maximum Gasteiger partial charge on any atom is 0.165 e. The molecule has 0 amide bonds. The molecule has 0 heterocycles. The Kier molecular flexibility index (Phi) is 6.45. The van der Waals surface area contributed by atoms with Crippen molar-refractivity contribution in [2.24, 2.45) is 0 Å². The normalized spacial score (nSPS) is 12.1. The predicted molar refractivity (Wildman–Crippen MR) is 92.3 cm³/mol. The molecule has 0 aliphatic heterocycles. The van der Waals surface area contributed by atoms with Crippen LogP contribution in [0.15, 0.2) is 42.5 Å². The highest BCUT2D eigenvalue weighted by Crippen LogP contribution is 2.27. The van der Waals surface area contributed by atoms with Crippen molar-refractivity contribution in [3.63, 3.8) is 0 Å². The number of phenolic OH excluding ortho intramolecular Hbond substituents is 1. The molecule has 124 valence electrons. The zero-order chi connectivity index (χ0) is 16.7.